The second-order valence-corrected chi connectivity index (χ2v) is 33.4. The third-order valence-corrected chi connectivity index (χ3v) is 21.0. The van der Waals surface area contributed by atoms with Gasteiger partial charge in [-0.25, -0.2) is 9.13 Å². The first-order chi connectivity index (χ1) is 49.9. The molecule has 5 atom stereocenters. The fourth-order valence-electron chi connectivity index (χ4n) is 12.5. The number of ether oxygens (including phenoxy) is 4. The summed E-state index contributed by atoms with van der Waals surface area (Å²) in [4.78, 5) is 73.1. The summed E-state index contributed by atoms with van der Waals surface area (Å²) >= 11 is 0. The Labute approximate surface area is 631 Å². The summed E-state index contributed by atoms with van der Waals surface area (Å²) in [6.45, 7) is 9.54. The molecule has 0 aliphatic carbocycles. The van der Waals surface area contributed by atoms with Gasteiger partial charge in [0.05, 0.1) is 26.4 Å². The quantitative estimate of drug-likeness (QED) is 0.0169. The van der Waals surface area contributed by atoms with Gasteiger partial charge in [-0.1, -0.05) is 368 Å². The van der Waals surface area contributed by atoms with Crippen LogP contribution >= 0.6 is 15.6 Å². The lowest BCUT2D eigenvalue weighted by Gasteiger charge is -2.21. The topological polar surface area (TPSA) is 237 Å². The Hall–Kier alpha value is -2.46. The molecule has 17 nitrogen and oxygen atoms in total. The van der Waals surface area contributed by atoms with E-state index in [9.17, 15) is 43.2 Å². The lowest BCUT2D eigenvalue weighted by molar-refractivity contribution is -0.161. The van der Waals surface area contributed by atoms with Crippen LogP contribution in [0.5, 0.6) is 0 Å². The number of aliphatic hydroxyl groups is 1. The minimum Gasteiger partial charge on any atom is -0.462 e. The molecule has 19 heteroatoms. The summed E-state index contributed by atoms with van der Waals surface area (Å²) in [5.41, 5.74) is 0. The molecule has 0 heterocycles. The summed E-state index contributed by atoms with van der Waals surface area (Å²) < 4.78 is 68.7. The maximum absolute atomic E-state index is 13.1. The van der Waals surface area contributed by atoms with Gasteiger partial charge in [-0.05, 0) is 63.2 Å². The standard InChI is InChI=1S/C84H160O17P2/c1-7-9-11-13-15-17-19-21-23-24-25-26-27-28-29-31-35-40-44-50-57-63-69-83(88)100-79(72-94-81(86)66-60-54-48-42-38-36-32-33-37-41-46-52-58-64-76(3)4)74-98-102(90,91)96-70-78(85)71-97-103(92,93)99-75-80(73-95-82(87)67-61-55-51-45-47-53-59-65-77(5)6)101-84(89)68-62-56-49-43-39-34-30-22-20-18-16-14-12-10-8-2/h18,20,22,30,76-80,85H,7-17,19,21,23-29,31-75H2,1-6H3,(H,90,91)(H,92,93)/b20-18-,30-22-/t78-,79-,80-/m1/s1. The van der Waals surface area contributed by atoms with Crippen LogP contribution in [0.1, 0.15) is 420 Å². The van der Waals surface area contributed by atoms with Gasteiger partial charge >= 0.3 is 39.5 Å². The number of esters is 4. The molecule has 3 N–H and O–H groups in total. The maximum Gasteiger partial charge on any atom is 0.472 e. The second kappa shape index (κ2) is 75.0. The molecule has 0 saturated heterocycles. The predicted octanol–water partition coefficient (Wildman–Crippen LogP) is 25.0. The van der Waals surface area contributed by atoms with Gasteiger partial charge in [0.1, 0.15) is 19.3 Å². The highest BCUT2D eigenvalue weighted by Gasteiger charge is 2.30. The summed E-state index contributed by atoms with van der Waals surface area (Å²) in [5.74, 6) is -0.647. The molecule has 0 saturated carbocycles. The van der Waals surface area contributed by atoms with Gasteiger partial charge in [0.25, 0.3) is 0 Å². The van der Waals surface area contributed by atoms with E-state index in [0.29, 0.717) is 31.6 Å². The number of unbranched alkanes of at least 4 members (excludes halogenated alkanes) is 48. The average Bonchev–Trinajstić information content (AvgIpc) is 1.16. The number of phosphoric ester groups is 2. The van der Waals surface area contributed by atoms with Gasteiger partial charge in [0.15, 0.2) is 12.2 Å². The summed E-state index contributed by atoms with van der Waals surface area (Å²) in [7, 11) is -9.94. The maximum atomic E-state index is 13.1. The van der Waals surface area contributed by atoms with E-state index in [-0.39, 0.29) is 25.7 Å². The van der Waals surface area contributed by atoms with Gasteiger partial charge in [0.2, 0.25) is 0 Å². The van der Waals surface area contributed by atoms with E-state index in [1.165, 1.54) is 218 Å². The van der Waals surface area contributed by atoms with Crippen molar-refractivity contribution >= 4 is 39.5 Å². The zero-order valence-electron chi connectivity index (χ0n) is 67.1. The molecule has 0 amide bonds. The normalized spacial score (nSPS) is 14.0. The number of aliphatic hydroxyl groups excluding tert-OH is 1. The van der Waals surface area contributed by atoms with Crippen LogP contribution in [0.15, 0.2) is 24.3 Å². The fraction of sp³-hybridized carbons (Fsp3) is 0.905. The van der Waals surface area contributed by atoms with E-state index < -0.39 is 97.5 Å². The Morgan fingerprint density at radius 2 is 0.524 bits per heavy atom. The first kappa shape index (κ1) is 101. The number of phosphoric acid groups is 2. The Balaban J connectivity index is 5.24. The van der Waals surface area contributed by atoms with Crippen molar-refractivity contribution in [1.29, 1.82) is 0 Å². The number of carbonyl (C=O) groups excluding carboxylic acids is 4. The lowest BCUT2D eigenvalue weighted by Crippen LogP contribution is -2.30. The van der Waals surface area contributed by atoms with Crippen LogP contribution in [0.3, 0.4) is 0 Å². The molecule has 0 bridgehead atoms. The van der Waals surface area contributed by atoms with E-state index in [1.807, 2.05) is 0 Å². The van der Waals surface area contributed by atoms with Crippen molar-refractivity contribution in [1.82, 2.24) is 0 Å². The Bertz CT molecular complexity index is 2070. The van der Waals surface area contributed by atoms with E-state index in [1.54, 1.807) is 0 Å². The molecule has 0 aromatic rings. The van der Waals surface area contributed by atoms with Crippen molar-refractivity contribution in [2.45, 2.75) is 439 Å². The average molecular weight is 1500 g/mol. The van der Waals surface area contributed by atoms with Crippen molar-refractivity contribution in [3.05, 3.63) is 24.3 Å². The zero-order chi connectivity index (χ0) is 75.6. The Morgan fingerprint density at radius 3 is 0.796 bits per heavy atom. The molecular formula is C84H160O17P2. The van der Waals surface area contributed by atoms with Crippen LogP contribution in [0.25, 0.3) is 0 Å². The highest BCUT2D eigenvalue weighted by Crippen LogP contribution is 2.45. The fourth-order valence-corrected chi connectivity index (χ4v) is 14.1. The van der Waals surface area contributed by atoms with E-state index in [2.05, 4.69) is 65.8 Å². The van der Waals surface area contributed by atoms with Gasteiger partial charge in [0, 0.05) is 25.7 Å². The van der Waals surface area contributed by atoms with Crippen molar-refractivity contribution in [2.75, 3.05) is 39.6 Å². The van der Waals surface area contributed by atoms with Crippen LogP contribution in [0.2, 0.25) is 0 Å². The molecule has 2 unspecified atom stereocenters. The molecule has 103 heavy (non-hydrogen) atoms. The van der Waals surface area contributed by atoms with Gasteiger partial charge in [-0.2, -0.15) is 0 Å². The van der Waals surface area contributed by atoms with Crippen LogP contribution in [-0.4, -0.2) is 96.7 Å². The molecule has 0 aromatic carbocycles. The third kappa shape index (κ3) is 77.5. The largest absolute Gasteiger partial charge is 0.472 e. The van der Waals surface area contributed by atoms with Gasteiger partial charge < -0.3 is 33.8 Å². The van der Waals surface area contributed by atoms with Crippen molar-refractivity contribution in [3.63, 3.8) is 0 Å². The van der Waals surface area contributed by atoms with Gasteiger partial charge in [-0.3, -0.25) is 37.3 Å². The van der Waals surface area contributed by atoms with Crippen LogP contribution in [0.4, 0.5) is 0 Å². The first-order valence-electron chi connectivity index (χ1n) is 42.8. The first-order valence-corrected chi connectivity index (χ1v) is 45.8. The summed E-state index contributed by atoms with van der Waals surface area (Å²) in [6.07, 6.45) is 69.0. The van der Waals surface area contributed by atoms with Crippen molar-refractivity contribution in [3.8, 4) is 0 Å². The number of hydrogen-bond donors (Lipinski definition) is 3. The summed E-state index contributed by atoms with van der Waals surface area (Å²) in [5, 5.41) is 10.7. The molecule has 0 aliphatic heterocycles. The molecular weight excluding hydrogens is 1340 g/mol. The zero-order valence-corrected chi connectivity index (χ0v) is 68.9. The minimum absolute atomic E-state index is 0.0844. The SMILES string of the molecule is CCCCCC/C=C\C=C/CCCCCCCC(=O)O[C@H](COC(=O)CCCCCCCCCC(C)C)COP(=O)(O)OC[C@H](O)COP(=O)(O)OC[C@@H](COC(=O)CCCCCCCCCCCCCCCC(C)C)OC(=O)CCCCCCCCCCCCCCCCCCCCCCCC. The van der Waals surface area contributed by atoms with Crippen LogP contribution in [0, 0.1) is 11.8 Å². The number of rotatable bonds is 81. The Kier molecular flexibility index (Phi) is 73.2. The molecule has 608 valence electrons. The molecule has 0 fully saturated rings. The summed E-state index contributed by atoms with van der Waals surface area (Å²) in [6, 6.07) is 0. The van der Waals surface area contributed by atoms with Crippen molar-refractivity contribution in [2.24, 2.45) is 11.8 Å². The molecule has 0 spiro atoms. The number of carbonyl (C=O) groups is 4. The van der Waals surface area contributed by atoms with E-state index >= 15 is 0 Å². The molecule has 0 rings (SSSR count). The Morgan fingerprint density at radius 1 is 0.301 bits per heavy atom. The third-order valence-electron chi connectivity index (χ3n) is 19.1. The molecule has 0 aromatic heterocycles. The predicted molar refractivity (Wildman–Crippen MR) is 423 cm³/mol. The lowest BCUT2D eigenvalue weighted by atomic mass is 10.0. The monoisotopic (exact) mass is 1500 g/mol. The van der Waals surface area contributed by atoms with Crippen molar-refractivity contribution < 1.29 is 80.2 Å². The number of allylic oxidation sites excluding steroid dienone is 4. The van der Waals surface area contributed by atoms with E-state index in [4.69, 9.17) is 37.0 Å². The number of hydrogen-bond acceptors (Lipinski definition) is 15. The second-order valence-electron chi connectivity index (χ2n) is 30.5. The highest BCUT2D eigenvalue weighted by atomic mass is 31.2. The van der Waals surface area contributed by atoms with Gasteiger partial charge in [-0.15, -0.1) is 0 Å². The minimum atomic E-state index is -4.97. The van der Waals surface area contributed by atoms with E-state index in [0.717, 1.165) is 115 Å². The molecule has 0 radical (unpaired) electrons. The van der Waals surface area contributed by atoms with Crippen LogP contribution < -0.4 is 0 Å². The smallest absolute Gasteiger partial charge is 0.462 e. The molecule has 0 aliphatic rings. The van der Waals surface area contributed by atoms with Crippen LogP contribution in [-0.2, 0) is 65.4 Å². The highest BCUT2D eigenvalue weighted by molar-refractivity contribution is 7.47.